The number of aromatic nitrogens is 3. The molecule has 0 saturated heterocycles. The van der Waals surface area contributed by atoms with Crippen molar-refractivity contribution >= 4 is 41.5 Å². The molecular formula is C20H28ClF2IN6O. The topological polar surface area (TPSA) is 76.4 Å². The highest BCUT2D eigenvalue weighted by molar-refractivity contribution is 14.0. The van der Waals surface area contributed by atoms with E-state index in [0.717, 1.165) is 24.5 Å². The molecule has 3 rings (SSSR count). The molecule has 0 bridgehead atoms. The molecule has 2 N–H and O–H groups in total. The fraction of sp³-hybridized carbons (Fsp3) is 0.550. The van der Waals surface area contributed by atoms with Gasteiger partial charge in [-0.15, -0.1) is 34.2 Å². The van der Waals surface area contributed by atoms with E-state index < -0.39 is 6.61 Å². The summed E-state index contributed by atoms with van der Waals surface area (Å²) in [7, 11) is 1.90. The minimum atomic E-state index is -2.91. The minimum Gasteiger partial charge on any atom is -0.434 e. The monoisotopic (exact) mass is 568 g/mol. The lowest BCUT2D eigenvalue weighted by molar-refractivity contribution is -0.0504. The van der Waals surface area contributed by atoms with Crippen molar-refractivity contribution in [2.75, 3.05) is 0 Å². The van der Waals surface area contributed by atoms with Crippen LogP contribution in [0, 0.1) is 6.92 Å². The second kappa shape index (κ2) is 12.4. The maximum Gasteiger partial charge on any atom is 0.387 e. The number of aliphatic imine (C=N–C) groups is 1. The molecule has 1 aliphatic rings. The Kier molecular flexibility index (Phi) is 10.2. The van der Waals surface area contributed by atoms with E-state index >= 15 is 0 Å². The van der Waals surface area contributed by atoms with Gasteiger partial charge in [-0.2, -0.15) is 8.78 Å². The molecule has 11 heteroatoms. The van der Waals surface area contributed by atoms with Crippen LogP contribution in [-0.2, 0) is 20.1 Å². The van der Waals surface area contributed by atoms with E-state index in [4.69, 9.17) is 11.6 Å². The van der Waals surface area contributed by atoms with Gasteiger partial charge < -0.3 is 19.9 Å². The van der Waals surface area contributed by atoms with Crippen LogP contribution in [0.25, 0.3) is 0 Å². The number of halogens is 4. The normalized spacial score (nSPS) is 15.0. The summed E-state index contributed by atoms with van der Waals surface area (Å²) in [5, 5.41) is 15.4. The molecule has 1 fully saturated rings. The highest BCUT2D eigenvalue weighted by atomic mass is 127. The summed E-state index contributed by atoms with van der Waals surface area (Å²) in [6, 6.07) is 4.86. The summed E-state index contributed by atoms with van der Waals surface area (Å²) in [6.07, 6.45) is 5.73. The smallest absolute Gasteiger partial charge is 0.387 e. The number of guanidine groups is 1. The lowest BCUT2D eigenvalue weighted by Gasteiger charge is -2.25. The largest absolute Gasteiger partial charge is 0.434 e. The Morgan fingerprint density at radius 2 is 2.03 bits per heavy atom. The average molecular weight is 569 g/mol. The number of hydrogen-bond donors (Lipinski definition) is 2. The third-order valence-electron chi connectivity index (χ3n) is 5.19. The van der Waals surface area contributed by atoms with Crippen molar-refractivity contribution in [3.05, 3.63) is 40.4 Å². The van der Waals surface area contributed by atoms with Crippen molar-refractivity contribution in [3.63, 3.8) is 0 Å². The summed E-state index contributed by atoms with van der Waals surface area (Å²) in [4.78, 5) is 4.60. The maximum atomic E-state index is 12.7. The molecule has 2 aromatic rings. The zero-order valence-electron chi connectivity index (χ0n) is 17.6. The number of alkyl halides is 2. The van der Waals surface area contributed by atoms with Gasteiger partial charge in [0.15, 0.2) is 11.8 Å². The molecule has 0 unspecified atom stereocenters. The van der Waals surface area contributed by atoms with Gasteiger partial charge >= 0.3 is 6.61 Å². The Labute approximate surface area is 203 Å². The lowest BCUT2D eigenvalue weighted by Crippen LogP contribution is -2.44. The molecule has 0 amide bonds. The number of rotatable bonds is 7. The molecule has 1 heterocycles. The summed E-state index contributed by atoms with van der Waals surface area (Å²) in [6.45, 7) is -0.449. The number of ether oxygens (including phenoxy) is 1. The molecule has 0 radical (unpaired) electrons. The predicted octanol–water partition coefficient (Wildman–Crippen LogP) is 4.56. The van der Waals surface area contributed by atoms with Gasteiger partial charge in [0, 0.05) is 23.7 Å². The molecule has 172 valence electrons. The average Bonchev–Trinajstić information content (AvgIpc) is 3.04. The third kappa shape index (κ3) is 7.74. The summed E-state index contributed by atoms with van der Waals surface area (Å²) in [5.41, 5.74) is 0.488. The molecule has 1 aromatic heterocycles. The van der Waals surface area contributed by atoms with Crippen molar-refractivity contribution in [1.29, 1.82) is 0 Å². The Hall–Kier alpha value is -1.69. The first-order valence-electron chi connectivity index (χ1n) is 10.1. The predicted molar refractivity (Wildman–Crippen MR) is 127 cm³/mol. The summed E-state index contributed by atoms with van der Waals surface area (Å²) >= 11 is 6.04. The Bertz CT molecular complexity index is 873. The van der Waals surface area contributed by atoms with E-state index in [1.165, 1.54) is 31.4 Å². The molecule has 1 saturated carbocycles. The number of hydrogen-bond acceptors (Lipinski definition) is 4. The molecule has 0 spiro atoms. The van der Waals surface area contributed by atoms with Crippen molar-refractivity contribution in [2.24, 2.45) is 12.0 Å². The third-order valence-corrected chi connectivity index (χ3v) is 5.42. The fourth-order valence-corrected chi connectivity index (χ4v) is 3.60. The summed E-state index contributed by atoms with van der Waals surface area (Å²) < 4.78 is 32.0. The number of nitrogens with one attached hydrogen (secondary N) is 2. The zero-order chi connectivity index (χ0) is 21.5. The zero-order valence-corrected chi connectivity index (χ0v) is 20.7. The fourth-order valence-electron chi connectivity index (χ4n) is 3.41. The van der Waals surface area contributed by atoms with Gasteiger partial charge in [-0.25, -0.2) is 4.99 Å². The van der Waals surface area contributed by atoms with Crippen LogP contribution in [0.2, 0.25) is 5.02 Å². The first kappa shape index (κ1) is 25.6. The molecule has 0 aliphatic heterocycles. The van der Waals surface area contributed by atoms with Crippen LogP contribution in [-0.4, -0.2) is 33.4 Å². The molecule has 31 heavy (non-hydrogen) atoms. The lowest BCUT2D eigenvalue weighted by atomic mass is 9.96. The van der Waals surface area contributed by atoms with Gasteiger partial charge in [-0.3, -0.25) is 0 Å². The second-order valence-electron chi connectivity index (χ2n) is 7.35. The van der Waals surface area contributed by atoms with Crippen LogP contribution in [0.3, 0.4) is 0 Å². The highest BCUT2D eigenvalue weighted by Gasteiger charge is 2.16. The summed E-state index contributed by atoms with van der Waals surface area (Å²) in [5.74, 6) is 2.25. The van der Waals surface area contributed by atoms with Crippen LogP contribution in [0.4, 0.5) is 8.78 Å². The molecular weight excluding hydrogens is 541 g/mol. The van der Waals surface area contributed by atoms with E-state index in [1.807, 2.05) is 18.5 Å². The van der Waals surface area contributed by atoms with Crippen molar-refractivity contribution < 1.29 is 13.5 Å². The molecule has 1 aromatic carbocycles. The highest BCUT2D eigenvalue weighted by Crippen LogP contribution is 2.25. The van der Waals surface area contributed by atoms with E-state index in [0.29, 0.717) is 29.1 Å². The Morgan fingerprint density at radius 3 is 2.68 bits per heavy atom. The number of aryl methyl sites for hydroxylation is 1. The number of nitrogens with zero attached hydrogens (tertiary/aromatic N) is 4. The van der Waals surface area contributed by atoms with Crippen LogP contribution >= 0.6 is 35.6 Å². The van der Waals surface area contributed by atoms with Gasteiger partial charge in [0.1, 0.15) is 11.6 Å². The van der Waals surface area contributed by atoms with Crippen LogP contribution in [0.15, 0.2) is 23.2 Å². The van der Waals surface area contributed by atoms with E-state index in [9.17, 15) is 8.78 Å². The van der Waals surface area contributed by atoms with Gasteiger partial charge in [0.25, 0.3) is 0 Å². The minimum absolute atomic E-state index is 0. The quantitative estimate of drug-likeness (QED) is 0.291. The Balaban J connectivity index is 0.00000341. The second-order valence-corrected chi connectivity index (χ2v) is 7.79. The van der Waals surface area contributed by atoms with Crippen molar-refractivity contribution in [3.8, 4) is 5.75 Å². The Morgan fingerprint density at radius 1 is 1.29 bits per heavy atom. The van der Waals surface area contributed by atoms with Crippen molar-refractivity contribution in [2.45, 2.75) is 64.8 Å². The van der Waals surface area contributed by atoms with Gasteiger partial charge in [0.2, 0.25) is 0 Å². The maximum absolute atomic E-state index is 12.7. The number of benzene rings is 1. The van der Waals surface area contributed by atoms with E-state index in [2.05, 4.69) is 30.6 Å². The SMILES string of the molecule is Cc1nnc(CNC(=NCc2cc(Cl)ccc2OC(F)F)NC2CCCCC2)n1C.I. The first-order valence-corrected chi connectivity index (χ1v) is 10.4. The molecule has 0 atom stereocenters. The van der Waals surface area contributed by atoms with Gasteiger partial charge in [-0.05, 0) is 38.0 Å². The molecule has 1 aliphatic carbocycles. The van der Waals surface area contributed by atoms with E-state index in [-0.39, 0.29) is 36.3 Å². The first-order chi connectivity index (χ1) is 14.4. The van der Waals surface area contributed by atoms with Gasteiger partial charge in [-0.1, -0.05) is 30.9 Å². The van der Waals surface area contributed by atoms with E-state index in [1.54, 1.807) is 6.07 Å². The molecule has 7 nitrogen and oxygen atoms in total. The van der Waals surface area contributed by atoms with Crippen LogP contribution < -0.4 is 15.4 Å². The standard InChI is InChI=1S/C20H27ClF2N6O.HI/c1-13-27-28-18(29(13)2)12-25-20(26-16-6-4-3-5-7-16)24-11-14-10-15(21)8-9-17(14)30-19(22)23;/h8-10,16,19H,3-7,11-12H2,1-2H3,(H2,24,25,26);1H. The van der Waals surface area contributed by atoms with Crippen molar-refractivity contribution in [1.82, 2.24) is 25.4 Å². The van der Waals surface area contributed by atoms with Crippen LogP contribution in [0.1, 0.15) is 49.3 Å². The van der Waals surface area contributed by atoms with Crippen LogP contribution in [0.5, 0.6) is 5.75 Å². The van der Waals surface area contributed by atoms with Gasteiger partial charge in [0.05, 0.1) is 13.1 Å².